The van der Waals surface area contributed by atoms with Crippen LogP contribution in [-0.4, -0.2) is 33.2 Å². The standard InChI is InChI=1S/C21H23NO3S/c1-22-12-16-5-3-4-6-18(16)20(13-22)19-11-17(26(2,23)24)9-10-21(19)25-14-15-7-8-15/h3-6,9-11,13,15H,7-8,12,14H2,1-2H3. The van der Waals surface area contributed by atoms with E-state index in [1.54, 1.807) is 18.2 Å². The third kappa shape index (κ3) is 3.49. The maximum absolute atomic E-state index is 12.1. The molecule has 1 heterocycles. The Morgan fingerprint density at radius 2 is 1.88 bits per heavy atom. The van der Waals surface area contributed by atoms with Gasteiger partial charge in [-0.3, -0.25) is 0 Å². The molecule has 4 nitrogen and oxygen atoms in total. The highest BCUT2D eigenvalue weighted by atomic mass is 32.2. The van der Waals surface area contributed by atoms with Crippen molar-refractivity contribution in [2.24, 2.45) is 5.92 Å². The van der Waals surface area contributed by atoms with Crippen molar-refractivity contribution in [3.05, 3.63) is 65.4 Å². The van der Waals surface area contributed by atoms with Crippen LogP contribution in [-0.2, 0) is 16.4 Å². The van der Waals surface area contributed by atoms with Crippen molar-refractivity contribution in [1.29, 1.82) is 0 Å². The predicted molar refractivity (Wildman–Crippen MR) is 103 cm³/mol. The summed E-state index contributed by atoms with van der Waals surface area (Å²) >= 11 is 0. The number of nitrogens with zero attached hydrogens (tertiary/aromatic N) is 1. The minimum atomic E-state index is -3.29. The Kier molecular flexibility index (Phi) is 4.27. The van der Waals surface area contributed by atoms with Gasteiger partial charge in [0.1, 0.15) is 5.75 Å². The van der Waals surface area contributed by atoms with Gasteiger partial charge in [-0.15, -0.1) is 0 Å². The van der Waals surface area contributed by atoms with Gasteiger partial charge in [0.15, 0.2) is 9.84 Å². The molecule has 0 radical (unpaired) electrons. The first-order valence-corrected chi connectivity index (χ1v) is 10.8. The zero-order valence-electron chi connectivity index (χ0n) is 15.1. The second kappa shape index (κ2) is 6.47. The molecule has 136 valence electrons. The van der Waals surface area contributed by atoms with Crippen LogP contribution in [0.3, 0.4) is 0 Å². The summed E-state index contributed by atoms with van der Waals surface area (Å²) in [5, 5.41) is 0. The highest BCUT2D eigenvalue weighted by Gasteiger charge is 2.25. The lowest BCUT2D eigenvalue weighted by Crippen LogP contribution is -2.18. The van der Waals surface area contributed by atoms with Crippen molar-refractivity contribution >= 4 is 15.4 Å². The molecule has 2 aromatic rings. The van der Waals surface area contributed by atoms with Gasteiger partial charge in [-0.1, -0.05) is 24.3 Å². The third-order valence-electron chi connectivity index (χ3n) is 4.92. The van der Waals surface area contributed by atoms with Gasteiger partial charge >= 0.3 is 0 Å². The lowest BCUT2D eigenvalue weighted by atomic mass is 9.91. The summed E-state index contributed by atoms with van der Waals surface area (Å²) in [6.07, 6.45) is 5.75. The molecule has 0 aromatic heterocycles. The van der Waals surface area contributed by atoms with Crippen LogP contribution in [0.25, 0.3) is 5.57 Å². The van der Waals surface area contributed by atoms with E-state index < -0.39 is 9.84 Å². The number of hydrogen-bond donors (Lipinski definition) is 0. The van der Waals surface area contributed by atoms with Gasteiger partial charge < -0.3 is 9.64 Å². The first-order valence-electron chi connectivity index (χ1n) is 8.89. The average Bonchev–Trinajstić information content (AvgIpc) is 3.42. The Hall–Kier alpha value is -2.27. The zero-order valence-corrected chi connectivity index (χ0v) is 15.9. The minimum absolute atomic E-state index is 0.317. The summed E-state index contributed by atoms with van der Waals surface area (Å²) < 4.78 is 30.3. The van der Waals surface area contributed by atoms with E-state index in [0.717, 1.165) is 29.0 Å². The Labute approximate surface area is 155 Å². The average molecular weight is 369 g/mol. The molecule has 1 saturated carbocycles. The monoisotopic (exact) mass is 369 g/mol. The molecule has 1 fully saturated rings. The van der Waals surface area contributed by atoms with Crippen molar-refractivity contribution in [2.45, 2.75) is 24.3 Å². The number of sulfone groups is 1. The molecule has 1 aliphatic heterocycles. The van der Waals surface area contributed by atoms with E-state index >= 15 is 0 Å². The Bertz CT molecular complexity index is 975. The molecule has 0 amide bonds. The topological polar surface area (TPSA) is 46.6 Å². The van der Waals surface area contributed by atoms with Gasteiger partial charge in [0.25, 0.3) is 0 Å². The van der Waals surface area contributed by atoms with Crippen molar-refractivity contribution in [2.75, 3.05) is 19.9 Å². The fourth-order valence-corrected chi connectivity index (χ4v) is 3.96. The van der Waals surface area contributed by atoms with Crippen LogP contribution >= 0.6 is 0 Å². The van der Waals surface area contributed by atoms with Crippen molar-refractivity contribution in [3.8, 4) is 5.75 Å². The van der Waals surface area contributed by atoms with Crippen LogP contribution in [0, 0.1) is 5.92 Å². The van der Waals surface area contributed by atoms with E-state index in [9.17, 15) is 8.42 Å². The molecule has 4 rings (SSSR count). The summed E-state index contributed by atoms with van der Waals surface area (Å²) in [7, 11) is -1.26. The summed E-state index contributed by atoms with van der Waals surface area (Å²) in [6, 6.07) is 13.4. The number of benzene rings is 2. The maximum Gasteiger partial charge on any atom is 0.175 e. The molecule has 0 saturated heterocycles. The molecular weight excluding hydrogens is 346 g/mol. The van der Waals surface area contributed by atoms with Crippen molar-refractivity contribution in [3.63, 3.8) is 0 Å². The van der Waals surface area contributed by atoms with Crippen LogP contribution in [0.1, 0.15) is 29.5 Å². The molecule has 1 aliphatic carbocycles. The van der Waals surface area contributed by atoms with Crippen LogP contribution < -0.4 is 4.74 Å². The van der Waals surface area contributed by atoms with Crippen molar-refractivity contribution < 1.29 is 13.2 Å². The smallest absolute Gasteiger partial charge is 0.175 e. The van der Waals surface area contributed by atoms with Gasteiger partial charge in [0, 0.05) is 37.2 Å². The molecule has 2 aliphatic rings. The van der Waals surface area contributed by atoms with Crippen LogP contribution in [0.2, 0.25) is 0 Å². The van der Waals surface area contributed by atoms with Gasteiger partial charge in [0.2, 0.25) is 0 Å². The molecule has 26 heavy (non-hydrogen) atoms. The van der Waals surface area contributed by atoms with Crippen LogP contribution in [0.4, 0.5) is 0 Å². The predicted octanol–water partition coefficient (Wildman–Crippen LogP) is 3.71. The number of ether oxygens (including phenoxy) is 1. The van der Waals surface area contributed by atoms with E-state index in [-0.39, 0.29) is 0 Å². The molecular formula is C21H23NO3S. The molecule has 0 spiro atoms. The summed E-state index contributed by atoms with van der Waals surface area (Å²) in [5.41, 5.74) is 4.20. The van der Waals surface area contributed by atoms with E-state index in [2.05, 4.69) is 23.2 Å². The quantitative estimate of drug-likeness (QED) is 0.806. The first kappa shape index (κ1) is 17.2. The highest BCUT2D eigenvalue weighted by molar-refractivity contribution is 7.90. The van der Waals surface area contributed by atoms with E-state index in [1.807, 2.05) is 19.2 Å². The van der Waals surface area contributed by atoms with E-state index in [4.69, 9.17) is 4.74 Å². The fourth-order valence-electron chi connectivity index (χ4n) is 3.31. The normalized spacial score (nSPS) is 16.8. The largest absolute Gasteiger partial charge is 0.493 e. The summed E-state index contributed by atoms with van der Waals surface area (Å²) in [4.78, 5) is 2.44. The molecule has 0 bridgehead atoms. The second-order valence-corrected chi connectivity index (χ2v) is 9.32. The third-order valence-corrected chi connectivity index (χ3v) is 6.03. The SMILES string of the molecule is CN1C=C(c2cc(S(C)(=O)=O)ccc2OCC2CC2)c2ccccc2C1. The fraction of sp³-hybridized carbons (Fsp3) is 0.333. The highest BCUT2D eigenvalue weighted by Crippen LogP contribution is 2.38. The Balaban J connectivity index is 1.84. The number of hydrogen-bond acceptors (Lipinski definition) is 4. The Morgan fingerprint density at radius 3 is 2.62 bits per heavy atom. The van der Waals surface area contributed by atoms with Crippen LogP contribution in [0.15, 0.2) is 53.6 Å². The molecule has 0 N–H and O–H groups in total. The van der Waals surface area contributed by atoms with E-state index in [1.165, 1.54) is 24.7 Å². The van der Waals surface area contributed by atoms with Gasteiger partial charge in [-0.05, 0) is 48.1 Å². The second-order valence-electron chi connectivity index (χ2n) is 7.30. The van der Waals surface area contributed by atoms with Crippen LogP contribution in [0.5, 0.6) is 5.75 Å². The summed E-state index contributed by atoms with van der Waals surface area (Å²) in [5.74, 6) is 1.38. The van der Waals surface area contributed by atoms with Gasteiger partial charge in [-0.25, -0.2) is 8.42 Å². The molecule has 2 aromatic carbocycles. The van der Waals surface area contributed by atoms with E-state index in [0.29, 0.717) is 17.4 Å². The Morgan fingerprint density at radius 1 is 1.12 bits per heavy atom. The first-order chi connectivity index (χ1) is 12.4. The van der Waals surface area contributed by atoms with Crippen molar-refractivity contribution in [1.82, 2.24) is 4.90 Å². The lowest BCUT2D eigenvalue weighted by Gasteiger charge is -2.27. The number of fused-ring (bicyclic) bond motifs is 1. The van der Waals surface area contributed by atoms with Gasteiger partial charge in [-0.2, -0.15) is 0 Å². The molecule has 0 unspecified atom stereocenters. The number of rotatable bonds is 5. The summed E-state index contributed by atoms with van der Waals surface area (Å²) in [6.45, 7) is 1.53. The van der Waals surface area contributed by atoms with Gasteiger partial charge in [0.05, 0.1) is 11.5 Å². The lowest BCUT2D eigenvalue weighted by molar-refractivity contribution is 0.298. The zero-order chi connectivity index (χ0) is 18.3. The minimum Gasteiger partial charge on any atom is -0.493 e. The molecule has 5 heteroatoms. The maximum atomic E-state index is 12.1. The molecule has 0 atom stereocenters.